The summed E-state index contributed by atoms with van der Waals surface area (Å²) in [5, 5.41) is 121. The van der Waals surface area contributed by atoms with Crippen molar-refractivity contribution in [2.45, 2.75) is 381 Å². The molecule has 0 spiro atoms. The average molecular weight is 1310 g/mol. The molecule has 3 rings (SSSR count). The number of carbonyl (C=O) groups is 1. The van der Waals surface area contributed by atoms with Crippen LogP contribution >= 0.6 is 0 Å². The maximum Gasteiger partial charge on any atom is 0.220 e. The minimum Gasteiger partial charge on any atom is -0.394 e. The topological polar surface area (TPSA) is 307 Å². The summed E-state index contributed by atoms with van der Waals surface area (Å²) < 4.78 is 34.4. The van der Waals surface area contributed by atoms with E-state index in [0.717, 1.165) is 70.6 Å². The second-order valence-corrected chi connectivity index (χ2v) is 26.4. The molecule has 3 saturated heterocycles. The maximum absolute atomic E-state index is 13.4. The number of amides is 1. The van der Waals surface area contributed by atoms with Crippen LogP contribution in [0.4, 0.5) is 0 Å². The van der Waals surface area contributed by atoms with Crippen LogP contribution in [0, 0.1) is 0 Å². The largest absolute Gasteiger partial charge is 0.394 e. The number of aliphatic hydroxyl groups excluding tert-OH is 11. The van der Waals surface area contributed by atoms with Gasteiger partial charge in [-0.1, -0.05) is 268 Å². The summed E-state index contributed by atoms with van der Waals surface area (Å²) in [5.74, 6) is -0.240. The molecule has 3 aliphatic rings. The van der Waals surface area contributed by atoms with E-state index in [9.17, 15) is 61.0 Å². The first kappa shape index (κ1) is 84.0. The summed E-state index contributed by atoms with van der Waals surface area (Å²) in [7, 11) is 0. The van der Waals surface area contributed by atoms with E-state index in [1.165, 1.54) is 173 Å². The van der Waals surface area contributed by atoms with Crippen molar-refractivity contribution < 1.29 is 89.4 Å². The molecule has 17 atom stereocenters. The van der Waals surface area contributed by atoms with E-state index in [0.29, 0.717) is 12.8 Å². The van der Waals surface area contributed by atoms with Gasteiger partial charge in [-0.05, 0) is 51.4 Å². The monoisotopic (exact) mass is 1310 g/mol. The lowest BCUT2D eigenvalue weighted by atomic mass is 9.96. The number of allylic oxidation sites excluding steroid dienone is 8. The first-order valence-corrected chi connectivity index (χ1v) is 36.9. The highest BCUT2D eigenvalue weighted by Gasteiger charge is 2.53. The van der Waals surface area contributed by atoms with E-state index in [2.05, 4.69) is 67.8 Å². The Morgan fingerprint density at radius 1 is 0.402 bits per heavy atom. The minimum atomic E-state index is -1.97. The molecule has 538 valence electrons. The maximum atomic E-state index is 13.4. The smallest absolute Gasteiger partial charge is 0.220 e. The SMILES string of the molecule is CC/C=C\C/C=C\C/C=C\C/C=C\CCCCCCCCCCCCCCCCCCCCCCC(=O)NC(COC1OC(CO)C(OC2OC(CO)C(OC3OC(CO)C(O)C(O)C3O)C(O)C2O)C(O)C1O)C(O)CCCCCCCCCCCCCCCC. The summed E-state index contributed by atoms with van der Waals surface area (Å²) in [6.45, 7) is 1.70. The van der Waals surface area contributed by atoms with E-state index < -0.39 is 124 Å². The summed E-state index contributed by atoms with van der Waals surface area (Å²) >= 11 is 0. The number of rotatable bonds is 57. The van der Waals surface area contributed by atoms with Crippen LogP contribution in [0.1, 0.15) is 277 Å². The van der Waals surface area contributed by atoms with Gasteiger partial charge in [0.1, 0.15) is 73.2 Å². The van der Waals surface area contributed by atoms with Crippen molar-refractivity contribution in [1.29, 1.82) is 0 Å². The Kier molecular flexibility index (Phi) is 50.0. The van der Waals surface area contributed by atoms with Gasteiger partial charge >= 0.3 is 0 Å². The predicted molar refractivity (Wildman–Crippen MR) is 360 cm³/mol. The fraction of sp³-hybridized carbons (Fsp3) is 0.877. The molecule has 0 saturated carbocycles. The van der Waals surface area contributed by atoms with Crippen molar-refractivity contribution in [3.8, 4) is 0 Å². The molecule has 0 aromatic heterocycles. The van der Waals surface area contributed by atoms with Gasteiger partial charge in [0.15, 0.2) is 18.9 Å². The zero-order valence-electron chi connectivity index (χ0n) is 57.0. The van der Waals surface area contributed by atoms with Crippen LogP contribution in [0.5, 0.6) is 0 Å². The molecular formula is C73H133NO18. The molecule has 19 nitrogen and oxygen atoms in total. The molecule has 17 unspecified atom stereocenters. The third kappa shape index (κ3) is 35.8. The molecule has 0 aliphatic carbocycles. The normalized spacial score (nSPS) is 27.9. The lowest BCUT2D eigenvalue weighted by Gasteiger charge is -2.48. The van der Waals surface area contributed by atoms with Gasteiger partial charge in [-0.25, -0.2) is 0 Å². The minimum absolute atomic E-state index is 0.240. The Morgan fingerprint density at radius 2 is 0.750 bits per heavy atom. The van der Waals surface area contributed by atoms with Gasteiger partial charge in [0.05, 0.1) is 38.6 Å². The number of aliphatic hydroxyl groups is 11. The molecule has 92 heavy (non-hydrogen) atoms. The van der Waals surface area contributed by atoms with Crippen LogP contribution in [0.15, 0.2) is 48.6 Å². The van der Waals surface area contributed by atoms with Gasteiger partial charge in [-0.2, -0.15) is 0 Å². The quantitative estimate of drug-likeness (QED) is 0.0199. The fourth-order valence-electron chi connectivity index (χ4n) is 12.5. The Morgan fingerprint density at radius 3 is 1.17 bits per heavy atom. The van der Waals surface area contributed by atoms with Crippen molar-refractivity contribution in [3.63, 3.8) is 0 Å². The van der Waals surface area contributed by atoms with Crippen LogP contribution in [-0.4, -0.2) is 193 Å². The van der Waals surface area contributed by atoms with Crippen LogP contribution in [0.2, 0.25) is 0 Å². The summed E-state index contributed by atoms with van der Waals surface area (Å²) in [6, 6.07) is -0.886. The number of unbranched alkanes of at least 4 members (excludes halogenated alkanes) is 33. The zero-order chi connectivity index (χ0) is 66.8. The van der Waals surface area contributed by atoms with E-state index >= 15 is 0 Å². The zero-order valence-corrected chi connectivity index (χ0v) is 57.0. The summed E-state index contributed by atoms with van der Waals surface area (Å²) in [4.78, 5) is 13.4. The van der Waals surface area contributed by atoms with Crippen molar-refractivity contribution in [3.05, 3.63) is 48.6 Å². The Hall–Kier alpha value is -2.25. The van der Waals surface area contributed by atoms with Crippen LogP contribution in [0.3, 0.4) is 0 Å². The fourth-order valence-corrected chi connectivity index (χ4v) is 12.5. The third-order valence-corrected chi connectivity index (χ3v) is 18.4. The molecule has 0 bridgehead atoms. The molecule has 3 heterocycles. The van der Waals surface area contributed by atoms with Crippen molar-refractivity contribution in [2.75, 3.05) is 26.4 Å². The van der Waals surface area contributed by atoms with E-state index in [-0.39, 0.29) is 18.9 Å². The molecule has 0 aromatic carbocycles. The number of carbonyl (C=O) groups excluding carboxylic acids is 1. The van der Waals surface area contributed by atoms with Crippen LogP contribution in [-0.2, 0) is 33.2 Å². The second kappa shape index (κ2) is 54.7. The highest BCUT2D eigenvalue weighted by Crippen LogP contribution is 2.33. The van der Waals surface area contributed by atoms with Gasteiger partial charge < -0.3 is 89.9 Å². The third-order valence-electron chi connectivity index (χ3n) is 18.4. The Labute approximate surface area is 554 Å². The molecule has 0 aromatic rings. The van der Waals surface area contributed by atoms with Crippen molar-refractivity contribution in [2.24, 2.45) is 0 Å². The number of ether oxygens (including phenoxy) is 6. The number of hydrogen-bond acceptors (Lipinski definition) is 18. The Bertz CT molecular complexity index is 1860. The van der Waals surface area contributed by atoms with E-state index in [1.807, 2.05) is 0 Å². The van der Waals surface area contributed by atoms with Gasteiger partial charge in [-0.15, -0.1) is 0 Å². The van der Waals surface area contributed by atoms with Gasteiger partial charge in [0, 0.05) is 6.42 Å². The second-order valence-electron chi connectivity index (χ2n) is 26.4. The predicted octanol–water partition coefficient (Wildman–Crippen LogP) is 10.6. The van der Waals surface area contributed by atoms with Gasteiger partial charge in [0.2, 0.25) is 5.91 Å². The van der Waals surface area contributed by atoms with Gasteiger partial charge in [-0.3, -0.25) is 4.79 Å². The number of hydrogen-bond donors (Lipinski definition) is 12. The van der Waals surface area contributed by atoms with Gasteiger partial charge in [0.25, 0.3) is 0 Å². The van der Waals surface area contributed by atoms with Crippen LogP contribution < -0.4 is 5.32 Å². The van der Waals surface area contributed by atoms with Crippen molar-refractivity contribution in [1.82, 2.24) is 5.32 Å². The molecule has 0 radical (unpaired) electrons. The average Bonchev–Trinajstić information content (AvgIpc) is 0.840. The standard InChI is InChI=1S/C73H133NO18/c1-3-5-7-9-11-13-15-17-19-20-21-22-23-24-25-26-27-28-29-30-31-32-33-34-35-36-37-39-41-43-45-47-49-51-61(79)74-56(57(78)50-48-46-44-42-40-38-18-16-14-12-10-8-6-4-2)55-87-71-67(85)64(82)69(59(53-76)89-71)92-73-68(86)65(83)70(60(54-77)90-73)91-72-66(84)63(81)62(80)58(52-75)88-72/h5,7,11,13,17,19,21-22,56-60,62-73,75-78,80-86H,3-4,6,8-10,12,14-16,18,20,23-55H2,1-2H3,(H,74,79)/b7-5-,13-11-,19-17-,22-21-. The first-order chi connectivity index (χ1) is 44.8. The molecular weight excluding hydrogens is 1180 g/mol. The molecule has 12 N–H and O–H groups in total. The Balaban J connectivity index is 1.34. The summed E-state index contributed by atoms with van der Waals surface area (Å²) in [6.07, 6.45) is 39.2. The highest BCUT2D eigenvalue weighted by molar-refractivity contribution is 5.76. The molecule has 19 heteroatoms. The van der Waals surface area contributed by atoms with Crippen molar-refractivity contribution >= 4 is 5.91 Å². The molecule has 3 fully saturated rings. The lowest BCUT2D eigenvalue weighted by Crippen LogP contribution is -2.66. The molecule has 1 amide bonds. The molecule has 3 aliphatic heterocycles. The number of nitrogens with one attached hydrogen (secondary N) is 1. The first-order valence-electron chi connectivity index (χ1n) is 36.9. The summed E-state index contributed by atoms with van der Waals surface area (Å²) in [5.41, 5.74) is 0. The van der Waals surface area contributed by atoms with Crippen LogP contribution in [0.25, 0.3) is 0 Å². The van der Waals surface area contributed by atoms with E-state index in [4.69, 9.17) is 28.4 Å². The van der Waals surface area contributed by atoms with E-state index in [1.54, 1.807) is 0 Å². The lowest BCUT2D eigenvalue weighted by molar-refractivity contribution is -0.379. The highest BCUT2D eigenvalue weighted by atomic mass is 16.8.